The van der Waals surface area contributed by atoms with Crippen molar-refractivity contribution in [3.05, 3.63) is 96.1 Å². The molecule has 0 aliphatic carbocycles. The summed E-state index contributed by atoms with van der Waals surface area (Å²) in [6.45, 7) is 1.99. The molecule has 38 heavy (non-hydrogen) atoms. The molecule has 2 amide bonds. The molecule has 3 fully saturated rings. The van der Waals surface area contributed by atoms with Crippen LogP contribution in [0.1, 0.15) is 37.3 Å². The van der Waals surface area contributed by atoms with Crippen LogP contribution in [0.15, 0.2) is 84.9 Å². The zero-order valence-corrected chi connectivity index (χ0v) is 21.1. The van der Waals surface area contributed by atoms with Gasteiger partial charge in [-0.1, -0.05) is 78.9 Å². The van der Waals surface area contributed by atoms with Crippen LogP contribution < -0.4 is 4.90 Å². The number of imide groups is 1. The molecule has 3 aliphatic heterocycles. The Balaban J connectivity index is 1.26. The Labute approximate surface area is 220 Å². The first kappa shape index (κ1) is 22.9. The second-order valence-corrected chi connectivity index (χ2v) is 10.9. The molecule has 0 spiro atoms. The number of amides is 2. The van der Waals surface area contributed by atoms with Crippen LogP contribution in [0.25, 0.3) is 27.6 Å². The van der Waals surface area contributed by atoms with Gasteiger partial charge in [-0.25, -0.2) is 4.90 Å². The van der Waals surface area contributed by atoms with Crippen molar-refractivity contribution in [1.29, 1.82) is 5.26 Å². The van der Waals surface area contributed by atoms with Crippen LogP contribution in [-0.2, 0) is 14.3 Å². The van der Waals surface area contributed by atoms with Gasteiger partial charge in [0.15, 0.2) is 0 Å². The lowest BCUT2D eigenvalue weighted by atomic mass is 9.67. The van der Waals surface area contributed by atoms with Crippen molar-refractivity contribution in [2.45, 2.75) is 37.4 Å². The topological polar surface area (TPSA) is 70.4 Å². The van der Waals surface area contributed by atoms with E-state index in [0.717, 1.165) is 29.2 Å². The Bertz CT molecular complexity index is 1730. The van der Waals surface area contributed by atoms with Crippen molar-refractivity contribution in [3.63, 3.8) is 0 Å². The molecule has 5 heteroatoms. The molecule has 186 valence electrons. The number of ether oxygens (including phenoxy) is 1. The lowest BCUT2D eigenvalue weighted by Gasteiger charge is -2.30. The second-order valence-electron chi connectivity index (χ2n) is 10.9. The molecule has 0 saturated carbocycles. The first-order valence-electron chi connectivity index (χ1n) is 13.1. The van der Waals surface area contributed by atoms with E-state index < -0.39 is 23.0 Å². The number of rotatable bonds is 4. The highest BCUT2D eigenvalue weighted by Crippen LogP contribution is 2.62. The third kappa shape index (κ3) is 3.07. The van der Waals surface area contributed by atoms with Crippen molar-refractivity contribution in [2.75, 3.05) is 4.90 Å². The lowest BCUT2D eigenvalue weighted by Crippen LogP contribution is -2.41. The average molecular weight is 499 g/mol. The molecule has 5 nitrogen and oxygen atoms in total. The number of carbonyl (C=O) groups excluding carboxylic acids is 2. The standard InChI is InChI=1S/C33H26N2O3/c1-32-18-19-33(38-32,17-7-11-22-10-6-9-21-8-2-3-12-24(21)22)29-28(32)30(36)35(31(29)37)27-16-15-23(20-34)25-13-4-5-14-26(25)27/h2-16,28-29H,17-19H2,1H3/b11-7+/t28-,29+,32-,33+/m0/s1. The molecule has 4 aromatic rings. The van der Waals surface area contributed by atoms with Gasteiger partial charge < -0.3 is 4.74 Å². The normalized spacial score (nSPS) is 28.1. The Morgan fingerprint density at radius 3 is 2.42 bits per heavy atom. The summed E-state index contributed by atoms with van der Waals surface area (Å²) in [5.74, 6) is -1.43. The van der Waals surface area contributed by atoms with Gasteiger partial charge in [-0.2, -0.15) is 5.26 Å². The highest BCUT2D eigenvalue weighted by Gasteiger charge is 2.73. The highest BCUT2D eigenvalue weighted by atomic mass is 16.5. The van der Waals surface area contributed by atoms with Crippen LogP contribution in [0.3, 0.4) is 0 Å². The SMILES string of the molecule is C[C@@]12CC[C@@](C/C=C/c3cccc4ccccc34)(O1)[C@H]1C(=O)N(c3ccc(C#N)c4ccccc34)C(=O)[C@H]12. The first-order chi connectivity index (χ1) is 18.5. The Hall–Kier alpha value is -4.27. The molecular weight excluding hydrogens is 472 g/mol. The number of carbonyl (C=O) groups is 2. The van der Waals surface area contributed by atoms with Gasteiger partial charge in [0.1, 0.15) is 0 Å². The molecule has 3 heterocycles. The summed E-state index contributed by atoms with van der Waals surface area (Å²) in [6.07, 6.45) is 6.26. The predicted molar refractivity (Wildman–Crippen MR) is 147 cm³/mol. The summed E-state index contributed by atoms with van der Waals surface area (Å²) in [7, 11) is 0. The number of anilines is 1. The Morgan fingerprint density at radius 1 is 0.895 bits per heavy atom. The molecule has 3 aliphatic rings. The Morgan fingerprint density at radius 2 is 1.61 bits per heavy atom. The van der Waals surface area contributed by atoms with Gasteiger partial charge in [0.05, 0.1) is 40.4 Å². The lowest BCUT2D eigenvalue weighted by molar-refractivity contribution is -0.130. The van der Waals surface area contributed by atoms with Gasteiger partial charge in [-0.05, 0) is 54.7 Å². The van der Waals surface area contributed by atoms with E-state index in [4.69, 9.17) is 4.74 Å². The van der Waals surface area contributed by atoms with Gasteiger partial charge in [-0.3, -0.25) is 9.59 Å². The van der Waals surface area contributed by atoms with Crippen molar-refractivity contribution in [1.82, 2.24) is 0 Å². The van der Waals surface area contributed by atoms with E-state index in [-0.39, 0.29) is 11.8 Å². The van der Waals surface area contributed by atoms with Crippen molar-refractivity contribution >= 4 is 45.1 Å². The minimum atomic E-state index is -0.704. The first-order valence-corrected chi connectivity index (χ1v) is 13.1. The van der Waals surface area contributed by atoms with Crippen LogP contribution in [-0.4, -0.2) is 23.0 Å². The third-order valence-electron chi connectivity index (χ3n) is 8.86. The molecular formula is C33H26N2O3. The zero-order chi connectivity index (χ0) is 26.1. The summed E-state index contributed by atoms with van der Waals surface area (Å²) in [4.78, 5) is 29.4. The van der Waals surface area contributed by atoms with E-state index in [0.29, 0.717) is 17.7 Å². The van der Waals surface area contributed by atoms with Crippen LogP contribution >= 0.6 is 0 Å². The molecule has 3 saturated heterocycles. The number of benzene rings is 4. The summed E-state index contributed by atoms with van der Waals surface area (Å²) >= 11 is 0. The molecule has 2 bridgehead atoms. The quantitative estimate of drug-likeness (QED) is 0.306. The van der Waals surface area contributed by atoms with Crippen molar-refractivity contribution in [2.24, 2.45) is 11.8 Å². The molecule has 4 atom stereocenters. The number of fused-ring (bicyclic) bond motifs is 7. The van der Waals surface area contributed by atoms with Gasteiger partial charge in [0, 0.05) is 10.8 Å². The minimum absolute atomic E-state index is 0.197. The molecule has 4 aromatic carbocycles. The largest absolute Gasteiger partial charge is 0.367 e. The molecule has 0 radical (unpaired) electrons. The van der Waals surface area contributed by atoms with Crippen LogP contribution in [0.4, 0.5) is 5.69 Å². The van der Waals surface area contributed by atoms with Gasteiger partial charge in [-0.15, -0.1) is 0 Å². The van der Waals surface area contributed by atoms with Gasteiger partial charge >= 0.3 is 0 Å². The third-order valence-corrected chi connectivity index (χ3v) is 8.86. The molecule has 7 rings (SSSR count). The monoisotopic (exact) mass is 498 g/mol. The maximum atomic E-state index is 14.1. The van der Waals surface area contributed by atoms with E-state index in [9.17, 15) is 14.9 Å². The zero-order valence-electron chi connectivity index (χ0n) is 21.1. The summed E-state index contributed by atoms with van der Waals surface area (Å²) < 4.78 is 6.63. The van der Waals surface area contributed by atoms with E-state index in [1.54, 1.807) is 12.1 Å². The highest BCUT2D eigenvalue weighted by molar-refractivity contribution is 6.26. The number of hydrogen-bond donors (Lipinski definition) is 0. The number of hydrogen-bond acceptors (Lipinski definition) is 4. The summed E-state index contributed by atoms with van der Waals surface area (Å²) in [5.41, 5.74) is 0.823. The van der Waals surface area contributed by atoms with E-state index in [1.165, 1.54) is 15.7 Å². The minimum Gasteiger partial charge on any atom is -0.367 e. The van der Waals surface area contributed by atoms with E-state index >= 15 is 0 Å². The fourth-order valence-electron chi connectivity index (χ4n) is 7.14. The van der Waals surface area contributed by atoms with Crippen LogP contribution in [0.2, 0.25) is 0 Å². The predicted octanol–water partition coefficient (Wildman–Crippen LogP) is 6.40. The van der Waals surface area contributed by atoms with E-state index in [2.05, 4.69) is 42.5 Å². The smallest absolute Gasteiger partial charge is 0.240 e. The molecule has 0 unspecified atom stereocenters. The summed E-state index contributed by atoms with van der Waals surface area (Å²) in [6, 6.07) is 27.6. The van der Waals surface area contributed by atoms with Gasteiger partial charge in [0.25, 0.3) is 0 Å². The average Bonchev–Trinajstić information content (AvgIpc) is 3.52. The van der Waals surface area contributed by atoms with Crippen LogP contribution in [0, 0.1) is 23.2 Å². The number of nitrogens with zero attached hydrogens (tertiary/aromatic N) is 2. The Kier molecular flexibility index (Phi) is 4.89. The fourth-order valence-corrected chi connectivity index (χ4v) is 7.14. The maximum absolute atomic E-state index is 14.1. The van der Waals surface area contributed by atoms with Crippen molar-refractivity contribution in [3.8, 4) is 6.07 Å². The fraction of sp³-hybridized carbons (Fsp3) is 0.242. The molecule has 0 aromatic heterocycles. The second kappa shape index (κ2) is 8.11. The van der Waals surface area contributed by atoms with Crippen LogP contribution in [0.5, 0.6) is 0 Å². The maximum Gasteiger partial charge on any atom is 0.240 e. The number of nitriles is 1. The van der Waals surface area contributed by atoms with Gasteiger partial charge in [0.2, 0.25) is 11.8 Å². The molecule has 0 N–H and O–H groups in total. The van der Waals surface area contributed by atoms with E-state index in [1.807, 2.05) is 49.4 Å². The van der Waals surface area contributed by atoms with Crippen molar-refractivity contribution < 1.29 is 14.3 Å². The summed E-state index contributed by atoms with van der Waals surface area (Å²) in [5, 5.41) is 13.4.